The Morgan fingerprint density at radius 1 is 1.56 bits per heavy atom. The van der Waals surface area contributed by atoms with E-state index < -0.39 is 18.8 Å². The molecule has 1 unspecified atom stereocenters. The van der Waals surface area contributed by atoms with E-state index in [0.29, 0.717) is 0 Å². The first-order valence-electron chi connectivity index (χ1n) is 2.16. The standard InChI is InChI=1S/C3H7F3N2O/c4-3(5,6)2(9)1-8-7/h2,8-9H,1,7H2. The summed E-state index contributed by atoms with van der Waals surface area (Å²) in [5, 5.41) is 8.12. The fourth-order valence-electron chi connectivity index (χ4n) is 0.227. The van der Waals surface area contributed by atoms with E-state index >= 15 is 0 Å². The number of aliphatic hydroxyl groups is 1. The number of hydrogen-bond acceptors (Lipinski definition) is 3. The number of halogens is 3. The molecular formula is C3H7F3N2O. The Kier molecular flexibility index (Phi) is 2.89. The highest BCUT2D eigenvalue weighted by molar-refractivity contribution is 4.65. The summed E-state index contributed by atoms with van der Waals surface area (Å²) in [7, 11) is 0. The summed E-state index contributed by atoms with van der Waals surface area (Å²) in [6.07, 6.45) is -6.95. The fraction of sp³-hybridized carbons (Fsp3) is 1.00. The van der Waals surface area contributed by atoms with Crippen LogP contribution in [0.4, 0.5) is 13.2 Å². The van der Waals surface area contributed by atoms with Gasteiger partial charge in [0, 0.05) is 6.54 Å². The molecule has 56 valence electrons. The maximum Gasteiger partial charge on any atom is 0.415 e. The zero-order valence-corrected chi connectivity index (χ0v) is 4.44. The van der Waals surface area contributed by atoms with Crippen molar-refractivity contribution in [2.75, 3.05) is 6.54 Å². The molecule has 0 aromatic heterocycles. The van der Waals surface area contributed by atoms with E-state index in [-0.39, 0.29) is 0 Å². The van der Waals surface area contributed by atoms with Gasteiger partial charge in [0.15, 0.2) is 6.10 Å². The highest BCUT2D eigenvalue weighted by Gasteiger charge is 2.37. The minimum absolute atomic E-state index is 0.677. The van der Waals surface area contributed by atoms with Crippen molar-refractivity contribution >= 4 is 0 Å². The molecule has 0 bridgehead atoms. The average Bonchev–Trinajstić information content (AvgIpc) is 1.64. The molecule has 0 aliphatic carbocycles. The summed E-state index contributed by atoms with van der Waals surface area (Å²) >= 11 is 0. The molecule has 0 saturated heterocycles. The Morgan fingerprint density at radius 2 is 2.00 bits per heavy atom. The van der Waals surface area contributed by atoms with Gasteiger partial charge in [0.25, 0.3) is 0 Å². The molecule has 0 radical (unpaired) electrons. The third-order valence-electron chi connectivity index (χ3n) is 0.689. The quantitative estimate of drug-likeness (QED) is 0.357. The van der Waals surface area contributed by atoms with Gasteiger partial charge >= 0.3 is 6.18 Å². The van der Waals surface area contributed by atoms with E-state index in [9.17, 15) is 13.2 Å². The second-order valence-electron chi connectivity index (χ2n) is 1.47. The van der Waals surface area contributed by atoms with Crippen molar-refractivity contribution in [3.05, 3.63) is 0 Å². The lowest BCUT2D eigenvalue weighted by Gasteiger charge is -2.12. The van der Waals surface area contributed by atoms with Crippen LogP contribution in [0.1, 0.15) is 0 Å². The van der Waals surface area contributed by atoms with Crippen molar-refractivity contribution < 1.29 is 18.3 Å². The molecule has 4 N–H and O–H groups in total. The van der Waals surface area contributed by atoms with Crippen molar-refractivity contribution in [1.82, 2.24) is 5.43 Å². The molecule has 0 aromatic carbocycles. The zero-order chi connectivity index (χ0) is 7.49. The van der Waals surface area contributed by atoms with Crippen molar-refractivity contribution in [3.8, 4) is 0 Å². The number of nitrogens with two attached hydrogens (primary N) is 1. The lowest BCUT2D eigenvalue weighted by molar-refractivity contribution is -0.201. The monoisotopic (exact) mass is 144 g/mol. The normalized spacial score (nSPS) is 15.7. The lowest BCUT2D eigenvalue weighted by Crippen LogP contribution is -2.40. The Hall–Kier alpha value is -0.330. The smallest absolute Gasteiger partial charge is 0.382 e. The van der Waals surface area contributed by atoms with Gasteiger partial charge in [-0.3, -0.25) is 11.3 Å². The molecule has 0 saturated carbocycles. The Labute approximate surface area is 49.6 Å². The molecule has 0 aliphatic rings. The molecule has 6 heteroatoms. The van der Waals surface area contributed by atoms with Gasteiger partial charge < -0.3 is 5.11 Å². The van der Waals surface area contributed by atoms with Gasteiger partial charge in [-0.25, -0.2) is 0 Å². The van der Waals surface area contributed by atoms with E-state index in [0.717, 1.165) is 0 Å². The molecule has 0 aliphatic heterocycles. The van der Waals surface area contributed by atoms with Crippen LogP contribution >= 0.6 is 0 Å². The third-order valence-corrected chi connectivity index (χ3v) is 0.689. The first-order chi connectivity index (χ1) is 3.98. The van der Waals surface area contributed by atoms with Gasteiger partial charge in [-0.05, 0) is 0 Å². The number of aliphatic hydroxyl groups excluding tert-OH is 1. The Bertz CT molecular complexity index is 83.6. The molecular weight excluding hydrogens is 137 g/mol. The third kappa shape index (κ3) is 3.28. The van der Waals surface area contributed by atoms with Crippen LogP contribution in [0.2, 0.25) is 0 Å². The molecule has 0 rings (SSSR count). The molecule has 0 spiro atoms. The van der Waals surface area contributed by atoms with E-state index in [1.807, 2.05) is 0 Å². The summed E-state index contributed by atoms with van der Waals surface area (Å²) in [4.78, 5) is 0. The molecule has 1 atom stereocenters. The maximum atomic E-state index is 11.3. The molecule has 0 heterocycles. The largest absolute Gasteiger partial charge is 0.415 e. The predicted molar refractivity (Wildman–Crippen MR) is 24.3 cm³/mol. The number of nitrogens with one attached hydrogen (secondary N) is 1. The van der Waals surface area contributed by atoms with Crippen LogP contribution in [-0.4, -0.2) is 23.9 Å². The van der Waals surface area contributed by atoms with Gasteiger partial charge in [0.05, 0.1) is 0 Å². The summed E-state index contributed by atoms with van der Waals surface area (Å²) in [6, 6.07) is 0. The molecule has 0 aromatic rings. The van der Waals surface area contributed by atoms with Crippen LogP contribution < -0.4 is 11.3 Å². The highest BCUT2D eigenvalue weighted by atomic mass is 19.4. The van der Waals surface area contributed by atoms with Gasteiger partial charge in [-0.1, -0.05) is 0 Å². The highest BCUT2D eigenvalue weighted by Crippen LogP contribution is 2.18. The number of hydrazine groups is 1. The van der Waals surface area contributed by atoms with Crippen LogP contribution in [0.25, 0.3) is 0 Å². The molecule has 3 nitrogen and oxygen atoms in total. The lowest BCUT2D eigenvalue weighted by atomic mass is 10.3. The van der Waals surface area contributed by atoms with Crippen molar-refractivity contribution in [2.24, 2.45) is 5.84 Å². The second kappa shape index (κ2) is 3.00. The SMILES string of the molecule is NNCC(O)C(F)(F)F. The minimum Gasteiger partial charge on any atom is -0.382 e. The Balaban J connectivity index is 3.59. The number of hydrogen-bond donors (Lipinski definition) is 3. The maximum absolute atomic E-state index is 11.3. The topological polar surface area (TPSA) is 58.3 Å². The second-order valence-corrected chi connectivity index (χ2v) is 1.47. The molecule has 0 fully saturated rings. The van der Waals surface area contributed by atoms with Crippen LogP contribution in [-0.2, 0) is 0 Å². The summed E-state index contributed by atoms with van der Waals surface area (Å²) < 4.78 is 33.9. The molecule has 0 amide bonds. The summed E-state index contributed by atoms with van der Waals surface area (Å²) in [5.41, 5.74) is 1.70. The molecule has 9 heavy (non-hydrogen) atoms. The summed E-state index contributed by atoms with van der Waals surface area (Å²) in [6.45, 7) is -0.677. The number of rotatable bonds is 2. The predicted octanol–water partition coefficient (Wildman–Crippen LogP) is -0.627. The van der Waals surface area contributed by atoms with Crippen LogP contribution in [0.5, 0.6) is 0 Å². The summed E-state index contributed by atoms with van der Waals surface area (Å²) in [5.74, 6) is 4.52. The van der Waals surface area contributed by atoms with Gasteiger partial charge in [-0.2, -0.15) is 13.2 Å². The number of alkyl halides is 3. The van der Waals surface area contributed by atoms with Crippen molar-refractivity contribution in [3.63, 3.8) is 0 Å². The van der Waals surface area contributed by atoms with Crippen molar-refractivity contribution in [2.45, 2.75) is 12.3 Å². The van der Waals surface area contributed by atoms with Crippen molar-refractivity contribution in [1.29, 1.82) is 0 Å². The zero-order valence-electron chi connectivity index (χ0n) is 4.44. The van der Waals surface area contributed by atoms with E-state index in [1.165, 1.54) is 0 Å². The Morgan fingerprint density at radius 3 is 2.11 bits per heavy atom. The van der Waals surface area contributed by atoms with Gasteiger partial charge in [0.1, 0.15) is 0 Å². The van der Waals surface area contributed by atoms with Crippen LogP contribution in [0.3, 0.4) is 0 Å². The first kappa shape index (κ1) is 8.67. The minimum atomic E-state index is -4.58. The van der Waals surface area contributed by atoms with E-state index in [1.54, 1.807) is 5.43 Å². The van der Waals surface area contributed by atoms with E-state index in [2.05, 4.69) is 5.84 Å². The van der Waals surface area contributed by atoms with Crippen LogP contribution in [0.15, 0.2) is 0 Å². The van der Waals surface area contributed by atoms with Gasteiger partial charge in [0.2, 0.25) is 0 Å². The average molecular weight is 144 g/mol. The first-order valence-corrected chi connectivity index (χ1v) is 2.16. The fourth-order valence-corrected chi connectivity index (χ4v) is 0.227. The van der Waals surface area contributed by atoms with E-state index in [4.69, 9.17) is 5.11 Å². The van der Waals surface area contributed by atoms with Crippen LogP contribution in [0, 0.1) is 0 Å². The van der Waals surface area contributed by atoms with Gasteiger partial charge in [-0.15, -0.1) is 0 Å².